The molecule has 0 fully saturated rings. The van der Waals surface area contributed by atoms with E-state index >= 15 is 0 Å². The summed E-state index contributed by atoms with van der Waals surface area (Å²) >= 11 is 1.20. The van der Waals surface area contributed by atoms with Gasteiger partial charge in [-0.3, -0.25) is 9.78 Å². The number of hydrogen-bond donors (Lipinski definition) is 1. The van der Waals surface area contributed by atoms with Crippen LogP contribution in [0.2, 0.25) is 0 Å². The lowest BCUT2D eigenvalue weighted by molar-refractivity contribution is -0.152. The highest BCUT2D eigenvalue weighted by atomic mass is 32.1. The molecule has 0 radical (unpaired) electrons. The second kappa shape index (κ2) is 6.53. The monoisotopic (exact) mass is 376 g/mol. The fourth-order valence-corrected chi connectivity index (χ4v) is 3.72. The molecule has 0 aliphatic rings. The maximum Gasteiger partial charge on any atom is 0.332 e. The predicted molar refractivity (Wildman–Crippen MR) is 98.1 cm³/mol. The summed E-state index contributed by atoms with van der Waals surface area (Å²) in [6.07, 6.45) is 0. The molecule has 2 aromatic heterocycles. The van der Waals surface area contributed by atoms with E-state index in [0.29, 0.717) is 16.0 Å². The van der Waals surface area contributed by atoms with Crippen molar-refractivity contribution in [1.82, 2.24) is 9.55 Å². The maximum absolute atomic E-state index is 13.2. The molecule has 1 aromatic carbocycles. The zero-order valence-electron chi connectivity index (χ0n) is 14.5. The van der Waals surface area contributed by atoms with Crippen LogP contribution < -0.4 is 11.2 Å². The minimum absolute atomic E-state index is 0.135. The maximum atomic E-state index is 13.2. The molecule has 0 unspecified atom stereocenters. The van der Waals surface area contributed by atoms with Gasteiger partial charge in [0.25, 0.3) is 5.56 Å². The van der Waals surface area contributed by atoms with Crippen LogP contribution in [0.5, 0.6) is 0 Å². The first-order chi connectivity index (χ1) is 12.3. The number of H-pyrrole nitrogens is 1. The summed E-state index contributed by atoms with van der Waals surface area (Å²) in [5.74, 6) is -1.06. The fraction of sp³-hybridized carbons (Fsp3) is 0.278. The molecular weight excluding hydrogens is 359 g/mol. The number of nitrogens with zero attached hydrogens (tertiary/aromatic N) is 1. The van der Waals surface area contributed by atoms with E-state index in [4.69, 9.17) is 4.74 Å². The van der Waals surface area contributed by atoms with Crippen molar-refractivity contribution in [2.24, 2.45) is 0 Å². The van der Waals surface area contributed by atoms with Gasteiger partial charge in [-0.15, -0.1) is 11.3 Å². The van der Waals surface area contributed by atoms with Gasteiger partial charge in [0.05, 0.1) is 12.0 Å². The lowest BCUT2D eigenvalue weighted by Gasteiger charge is -2.24. The quantitative estimate of drug-likeness (QED) is 0.710. The Bertz CT molecular complexity index is 1090. The Morgan fingerprint density at radius 3 is 2.54 bits per heavy atom. The molecule has 8 heteroatoms. The highest BCUT2D eigenvalue weighted by Crippen LogP contribution is 2.30. The third-order valence-corrected chi connectivity index (χ3v) is 5.02. The highest BCUT2D eigenvalue weighted by molar-refractivity contribution is 7.17. The largest absolute Gasteiger partial charge is 0.464 e. The van der Waals surface area contributed by atoms with E-state index in [2.05, 4.69) is 4.98 Å². The molecule has 26 heavy (non-hydrogen) atoms. The molecule has 0 saturated heterocycles. The average molecular weight is 376 g/mol. The molecule has 1 N–H and O–H groups in total. The molecule has 0 bridgehead atoms. The van der Waals surface area contributed by atoms with E-state index in [1.54, 1.807) is 24.4 Å². The number of carbonyl (C=O) groups excluding carboxylic acids is 1. The highest BCUT2D eigenvalue weighted by Gasteiger charge is 2.35. The molecule has 136 valence electrons. The van der Waals surface area contributed by atoms with Gasteiger partial charge in [-0.05, 0) is 38.5 Å². The Morgan fingerprint density at radius 2 is 1.92 bits per heavy atom. The molecule has 6 nitrogen and oxygen atoms in total. The number of benzene rings is 1. The molecule has 0 amide bonds. The second-order valence-electron chi connectivity index (χ2n) is 6.21. The molecule has 0 aliphatic heterocycles. The molecule has 0 spiro atoms. The number of ether oxygens (including phenoxy) is 1. The summed E-state index contributed by atoms with van der Waals surface area (Å²) in [6, 6.07) is 5.71. The molecular formula is C18H17FN2O4S. The number of hydrogen-bond acceptors (Lipinski definition) is 5. The number of rotatable bonds is 4. The molecule has 3 aromatic rings. The van der Waals surface area contributed by atoms with Crippen LogP contribution >= 0.6 is 11.3 Å². The first-order valence-electron chi connectivity index (χ1n) is 7.97. The zero-order chi connectivity index (χ0) is 19.1. The topological polar surface area (TPSA) is 81.2 Å². The van der Waals surface area contributed by atoms with Crippen molar-refractivity contribution in [3.05, 3.63) is 56.3 Å². The van der Waals surface area contributed by atoms with E-state index in [9.17, 15) is 18.8 Å². The first kappa shape index (κ1) is 18.1. The molecule has 2 heterocycles. The van der Waals surface area contributed by atoms with E-state index in [-0.39, 0.29) is 17.8 Å². The Kier molecular flexibility index (Phi) is 4.53. The summed E-state index contributed by atoms with van der Waals surface area (Å²) < 4.78 is 19.1. The minimum atomic E-state index is -1.48. The normalized spacial score (nSPS) is 11.7. The molecule has 0 aliphatic carbocycles. The zero-order valence-corrected chi connectivity index (χ0v) is 15.3. The van der Waals surface area contributed by atoms with E-state index < -0.39 is 22.8 Å². The van der Waals surface area contributed by atoms with Crippen LogP contribution in [-0.2, 0) is 15.1 Å². The van der Waals surface area contributed by atoms with Crippen molar-refractivity contribution in [2.45, 2.75) is 26.3 Å². The lowest BCUT2D eigenvalue weighted by atomic mass is 10.0. The van der Waals surface area contributed by atoms with Crippen molar-refractivity contribution in [3.63, 3.8) is 0 Å². The number of halogens is 1. The number of thiophene rings is 1. The average Bonchev–Trinajstić information content (AvgIpc) is 2.99. The summed E-state index contributed by atoms with van der Waals surface area (Å²) in [7, 11) is 0. The van der Waals surface area contributed by atoms with Crippen LogP contribution in [0.1, 0.15) is 20.8 Å². The molecule has 0 saturated carbocycles. The van der Waals surface area contributed by atoms with Crippen LogP contribution in [0.4, 0.5) is 4.39 Å². The van der Waals surface area contributed by atoms with Crippen LogP contribution in [-0.4, -0.2) is 22.1 Å². The predicted octanol–water partition coefficient (Wildman–Crippen LogP) is 2.86. The van der Waals surface area contributed by atoms with Gasteiger partial charge in [-0.2, -0.15) is 0 Å². The van der Waals surface area contributed by atoms with E-state index in [1.165, 1.54) is 37.3 Å². The standard InChI is InChI=1S/C18H17FN2O4S/c1-4-25-16(23)18(2,3)21-15(22)13-12(9-26-14(13)20-17(21)24)10-5-7-11(19)8-6-10/h5-9H,4H2,1-3H3,(H,20,24). The Hall–Kier alpha value is -2.74. The summed E-state index contributed by atoms with van der Waals surface area (Å²) in [4.78, 5) is 40.9. The molecule has 0 atom stereocenters. The number of aromatic nitrogens is 2. The van der Waals surface area contributed by atoms with Gasteiger partial charge in [0.15, 0.2) is 0 Å². The Balaban J connectivity index is 2.29. The van der Waals surface area contributed by atoms with Gasteiger partial charge >= 0.3 is 11.7 Å². The first-order valence-corrected chi connectivity index (χ1v) is 8.85. The van der Waals surface area contributed by atoms with Crippen LogP contribution in [0.15, 0.2) is 39.2 Å². The third kappa shape index (κ3) is 2.86. The molecule has 3 rings (SSSR count). The minimum Gasteiger partial charge on any atom is -0.464 e. The number of esters is 1. The number of aromatic amines is 1. The van der Waals surface area contributed by atoms with Gasteiger partial charge in [0.2, 0.25) is 0 Å². The van der Waals surface area contributed by atoms with Gasteiger partial charge in [0, 0.05) is 10.9 Å². The van der Waals surface area contributed by atoms with Gasteiger partial charge in [0.1, 0.15) is 16.2 Å². The number of nitrogens with one attached hydrogen (secondary N) is 1. The second-order valence-corrected chi connectivity index (χ2v) is 7.09. The van der Waals surface area contributed by atoms with E-state index in [0.717, 1.165) is 4.57 Å². The smallest absolute Gasteiger partial charge is 0.332 e. The third-order valence-electron chi connectivity index (χ3n) is 4.12. The van der Waals surface area contributed by atoms with Gasteiger partial charge < -0.3 is 4.74 Å². The number of fused-ring (bicyclic) bond motifs is 1. The SMILES string of the molecule is CCOC(=O)C(C)(C)n1c(=O)[nH]c2scc(-c3ccc(F)cc3)c2c1=O. The Labute approximate surface area is 151 Å². The summed E-state index contributed by atoms with van der Waals surface area (Å²) in [6.45, 7) is 4.70. The summed E-state index contributed by atoms with van der Waals surface area (Å²) in [5, 5.41) is 2.00. The van der Waals surface area contributed by atoms with Crippen LogP contribution in [0, 0.1) is 5.82 Å². The fourth-order valence-electron chi connectivity index (χ4n) is 2.77. The van der Waals surface area contributed by atoms with Crippen LogP contribution in [0.25, 0.3) is 21.3 Å². The van der Waals surface area contributed by atoms with Gasteiger partial charge in [-0.1, -0.05) is 12.1 Å². The Morgan fingerprint density at radius 1 is 1.27 bits per heavy atom. The van der Waals surface area contributed by atoms with Crippen molar-refractivity contribution >= 4 is 27.5 Å². The lowest BCUT2D eigenvalue weighted by Crippen LogP contribution is -2.51. The summed E-state index contributed by atoms with van der Waals surface area (Å²) in [5.41, 5.74) is -1.55. The number of carbonyl (C=O) groups is 1. The van der Waals surface area contributed by atoms with Crippen molar-refractivity contribution in [1.29, 1.82) is 0 Å². The van der Waals surface area contributed by atoms with Crippen molar-refractivity contribution in [2.75, 3.05) is 6.61 Å². The van der Waals surface area contributed by atoms with Gasteiger partial charge in [-0.25, -0.2) is 18.5 Å². The van der Waals surface area contributed by atoms with Crippen LogP contribution in [0.3, 0.4) is 0 Å². The van der Waals surface area contributed by atoms with E-state index in [1.807, 2.05) is 0 Å². The van der Waals surface area contributed by atoms with Crippen molar-refractivity contribution in [3.8, 4) is 11.1 Å². The van der Waals surface area contributed by atoms with Crippen molar-refractivity contribution < 1.29 is 13.9 Å².